The Kier molecular flexibility index (Phi) is 5.01. The number of aromatic nitrogens is 3. The fourth-order valence-electron chi connectivity index (χ4n) is 3.10. The number of carbonyl (C=O) groups excluding carboxylic acids is 1. The molecular weight excluding hydrogens is 346 g/mol. The fraction of sp³-hybridized carbons (Fsp3) is 0.444. The highest BCUT2D eigenvalue weighted by molar-refractivity contribution is 5.95. The Balaban J connectivity index is 1.48. The van der Waals surface area contributed by atoms with Crippen LogP contribution in [0.3, 0.4) is 0 Å². The van der Waals surface area contributed by atoms with E-state index < -0.39 is 5.91 Å². The molecule has 0 atom stereocenters. The van der Waals surface area contributed by atoms with Crippen LogP contribution in [0.15, 0.2) is 24.3 Å². The third-order valence-corrected chi connectivity index (χ3v) is 4.87. The maximum Gasteiger partial charge on any atom is 0.273 e. The van der Waals surface area contributed by atoms with Crippen molar-refractivity contribution in [2.24, 2.45) is 5.73 Å². The molecule has 27 heavy (non-hydrogen) atoms. The Labute approximate surface area is 157 Å². The summed E-state index contributed by atoms with van der Waals surface area (Å²) >= 11 is 0. The van der Waals surface area contributed by atoms with Gasteiger partial charge in [0.15, 0.2) is 11.5 Å². The van der Waals surface area contributed by atoms with Crippen LogP contribution in [0.4, 0.5) is 23.1 Å². The van der Waals surface area contributed by atoms with E-state index >= 15 is 0 Å². The second kappa shape index (κ2) is 7.75. The number of hydrogen-bond donors (Lipinski definition) is 3. The Morgan fingerprint density at radius 1 is 1.15 bits per heavy atom. The van der Waals surface area contributed by atoms with Crippen molar-refractivity contribution in [2.75, 3.05) is 41.8 Å². The van der Waals surface area contributed by atoms with Crippen molar-refractivity contribution >= 4 is 29.0 Å². The molecule has 1 aliphatic carbocycles. The van der Waals surface area contributed by atoms with Crippen molar-refractivity contribution in [3.05, 3.63) is 30.0 Å². The van der Waals surface area contributed by atoms with Crippen molar-refractivity contribution in [1.82, 2.24) is 15.2 Å². The van der Waals surface area contributed by atoms with Crippen LogP contribution in [0.5, 0.6) is 0 Å². The van der Waals surface area contributed by atoms with E-state index in [0.717, 1.165) is 50.5 Å². The molecule has 0 unspecified atom stereocenters. The zero-order chi connectivity index (χ0) is 18.6. The van der Waals surface area contributed by atoms with Crippen LogP contribution in [0, 0.1) is 0 Å². The lowest BCUT2D eigenvalue weighted by atomic mass is 9.93. The lowest BCUT2D eigenvalue weighted by Crippen LogP contribution is -2.36. The van der Waals surface area contributed by atoms with Crippen molar-refractivity contribution in [3.63, 3.8) is 0 Å². The molecule has 1 aromatic heterocycles. The van der Waals surface area contributed by atoms with Gasteiger partial charge < -0.3 is 26.0 Å². The Bertz CT molecular complexity index is 802. The summed E-state index contributed by atoms with van der Waals surface area (Å²) in [6, 6.07) is 8.34. The first-order chi connectivity index (χ1) is 13.2. The van der Waals surface area contributed by atoms with Gasteiger partial charge in [0, 0.05) is 30.5 Å². The highest BCUT2D eigenvalue weighted by Gasteiger charge is 2.22. The van der Waals surface area contributed by atoms with Crippen molar-refractivity contribution in [1.29, 1.82) is 0 Å². The number of nitrogens with one attached hydrogen (secondary N) is 2. The van der Waals surface area contributed by atoms with E-state index in [-0.39, 0.29) is 5.69 Å². The fourth-order valence-corrected chi connectivity index (χ4v) is 3.10. The summed E-state index contributed by atoms with van der Waals surface area (Å²) in [6.07, 6.45) is 3.27. The van der Waals surface area contributed by atoms with Crippen LogP contribution in [0.1, 0.15) is 29.8 Å². The predicted octanol–water partition coefficient (Wildman–Crippen LogP) is 1.52. The summed E-state index contributed by atoms with van der Waals surface area (Å²) in [5.74, 6) is 0.0637. The summed E-state index contributed by atoms with van der Waals surface area (Å²) in [6.45, 7) is 3.29. The van der Waals surface area contributed by atoms with Crippen LogP contribution in [-0.2, 0) is 4.74 Å². The first-order valence-corrected chi connectivity index (χ1v) is 9.20. The molecule has 9 heteroatoms. The van der Waals surface area contributed by atoms with Crippen molar-refractivity contribution in [3.8, 4) is 0 Å². The van der Waals surface area contributed by atoms with Crippen LogP contribution >= 0.6 is 0 Å². The second-order valence-electron chi connectivity index (χ2n) is 6.74. The molecule has 1 saturated carbocycles. The normalized spacial score (nSPS) is 17.3. The quantitative estimate of drug-likeness (QED) is 0.701. The molecule has 4 N–H and O–H groups in total. The lowest BCUT2D eigenvalue weighted by Gasteiger charge is -2.29. The van der Waals surface area contributed by atoms with Crippen LogP contribution in [0.2, 0.25) is 0 Å². The topological polar surface area (TPSA) is 118 Å². The third kappa shape index (κ3) is 4.08. The SMILES string of the molecule is NC(=O)c1nnc(Nc2ccc(N3CCOCC3)cc2)nc1NC1CCC1. The first kappa shape index (κ1) is 17.5. The summed E-state index contributed by atoms with van der Waals surface area (Å²) in [5, 5.41) is 14.3. The van der Waals surface area contributed by atoms with Crippen LogP contribution < -0.4 is 21.3 Å². The van der Waals surface area contributed by atoms with Gasteiger partial charge in [-0.15, -0.1) is 10.2 Å². The Morgan fingerprint density at radius 3 is 2.52 bits per heavy atom. The zero-order valence-corrected chi connectivity index (χ0v) is 15.0. The van der Waals surface area contributed by atoms with Gasteiger partial charge in [-0.1, -0.05) is 0 Å². The molecule has 4 rings (SSSR count). The number of primary amides is 1. The van der Waals surface area contributed by atoms with Gasteiger partial charge in [0.2, 0.25) is 5.95 Å². The number of carbonyl (C=O) groups is 1. The van der Waals surface area contributed by atoms with E-state index in [9.17, 15) is 4.79 Å². The average molecular weight is 369 g/mol. The van der Waals surface area contributed by atoms with Gasteiger partial charge in [-0.05, 0) is 43.5 Å². The summed E-state index contributed by atoms with van der Waals surface area (Å²) in [4.78, 5) is 18.3. The number of benzene rings is 1. The average Bonchev–Trinajstić information content (AvgIpc) is 2.66. The largest absolute Gasteiger partial charge is 0.378 e. The molecule has 2 heterocycles. The smallest absolute Gasteiger partial charge is 0.273 e. The van der Waals surface area contributed by atoms with Gasteiger partial charge in [0.25, 0.3) is 5.91 Å². The molecule has 1 aliphatic heterocycles. The molecule has 2 aliphatic rings. The minimum atomic E-state index is -0.641. The van der Waals surface area contributed by atoms with E-state index in [2.05, 4.69) is 30.7 Å². The third-order valence-electron chi connectivity index (χ3n) is 4.87. The molecule has 2 aromatic rings. The minimum Gasteiger partial charge on any atom is -0.378 e. The second-order valence-corrected chi connectivity index (χ2v) is 6.74. The molecule has 0 radical (unpaired) electrons. The molecule has 1 saturated heterocycles. The van der Waals surface area contributed by atoms with E-state index in [1.54, 1.807) is 0 Å². The number of hydrogen-bond acceptors (Lipinski definition) is 8. The number of morpholine rings is 1. The number of anilines is 4. The predicted molar refractivity (Wildman–Crippen MR) is 102 cm³/mol. The molecule has 0 bridgehead atoms. The Morgan fingerprint density at radius 2 is 1.89 bits per heavy atom. The van der Waals surface area contributed by atoms with Gasteiger partial charge in [0.1, 0.15) is 0 Å². The standard InChI is InChI=1S/C18H23N7O2/c19-16(26)15-17(20-12-2-1-3-12)22-18(24-23-15)21-13-4-6-14(7-5-13)25-8-10-27-11-9-25/h4-7,12H,1-3,8-11H2,(H2,19,26)(H2,20,21,22,24). The summed E-state index contributed by atoms with van der Waals surface area (Å²) in [7, 11) is 0. The molecule has 9 nitrogen and oxygen atoms in total. The zero-order valence-electron chi connectivity index (χ0n) is 15.0. The molecule has 0 spiro atoms. The molecule has 142 valence electrons. The van der Waals surface area contributed by atoms with E-state index in [1.165, 1.54) is 6.42 Å². The number of ether oxygens (including phenoxy) is 1. The summed E-state index contributed by atoms with van der Waals surface area (Å²) in [5.41, 5.74) is 7.44. The molecule has 1 aromatic carbocycles. The van der Waals surface area contributed by atoms with E-state index in [1.807, 2.05) is 24.3 Å². The lowest BCUT2D eigenvalue weighted by molar-refractivity contribution is 0.0995. The number of nitrogens with two attached hydrogens (primary N) is 1. The Hall–Kier alpha value is -2.94. The van der Waals surface area contributed by atoms with Gasteiger partial charge >= 0.3 is 0 Å². The highest BCUT2D eigenvalue weighted by Crippen LogP contribution is 2.25. The van der Waals surface area contributed by atoms with Crippen molar-refractivity contribution < 1.29 is 9.53 Å². The molecule has 1 amide bonds. The van der Waals surface area contributed by atoms with Crippen molar-refractivity contribution in [2.45, 2.75) is 25.3 Å². The van der Waals surface area contributed by atoms with Gasteiger partial charge in [0.05, 0.1) is 13.2 Å². The maximum absolute atomic E-state index is 11.6. The minimum absolute atomic E-state index is 0.0649. The van der Waals surface area contributed by atoms with E-state index in [4.69, 9.17) is 10.5 Å². The summed E-state index contributed by atoms with van der Waals surface area (Å²) < 4.78 is 5.38. The van der Waals surface area contributed by atoms with Crippen LogP contribution in [-0.4, -0.2) is 53.4 Å². The number of rotatable bonds is 6. The number of nitrogens with zero attached hydrogens (tertiary/aromatic N) is 4. The molecular formula is C18H23N7O2. The number of amides is 1. The molecule has 2 fully saturated rings. The van der Waals surface area contributed by atoms with Crippen LogP contribution in [0.25, 0.3) is 0 Å². The monoisotopic (exact) mass is 369 g/mol. The van der Waals surface area contributed by atoms with Gasteiger partial charge in [-0.3, -0.25) is 4.79 Å². The maximum atomic E-state index is 11.6. The van der Waals surface area contributed by atoms with Gasteiger partial charge in [-0.25, -0.2) is 0 Å². The van der Waals surface area contributed by atoms with E-state index in [0.29, 0.717) is 17.8 Å². The van der Waals surface area contributed by atoms with Gasteiger partial charge in [-0.2, -0.15) is 4.98 Å². The first-order valence-electron chi connectivity index (χ1n) is 9.20. The highest BCUT2D eigenvalue weighted by atomic mass is 16.5.